The quantitative estimate of drug-likeness (QED) is 0.649. The summed E-state index contributed by atoms with van der Waals surface area (Å²) >= 11 is 0. The molecule has 0 atom stereocenters. The molecule has 0 spiro atoms. The second-order valence-electron chi connectivity index (χ2n) is 7.34. The summed E-state index contributed by atoms with van der Waals surface area (Å²) in [5, 5.41) is 0. The van der Waals surface area contributed by atoms with Gasteiger partial charge in [-0.2, -0.15) is 0 Å². The number of aromatic nitrogens is 1. The van der Waals surface area contributed by atoms with Crippen LogP contribution in [0.3, 0.4) is 0 Å². The molecule has 0 amide bonds. The van der Waals surface area contributed by atoms with E-state index >= 15 is 0 Å². The molecule has 0 radical (unpaired) electrons. The van der Waals surface area contributed by atoms with E-state index in [4.69, 9.17) is 0 Å². The predicted molar refractivity (Wildman–Crippen MR) is 116 cm³/mol. The first kappa shape index (κ1) is 19.6. The monoisotopic (exact) mass is 407 g/mol. The van der Waals surface area contributed by atoms with Crippen LogP contribution in [-0.2, 0) is 9.84 Å². The molecule has 0 saturated carbocycles. The molecule has 0 bridgehead atoms. The van der Waals surface area contributed by atoms with Crippen molar-refractivity contribution in [2.75, 3.05) is 37.3 Å². The SMILES string of the molecule is CS(=O)(=O)c1cccnc1N1CCN(C(c2ccccc2)c2ccccc2)CC1. The van der Waals surface area contributed by atoms with Gasteiger partial charge in [-0.3, -0.25) is 4.90 Å². The van der Waals surface area contributed by atoms with Crippen LogP contribution >= 0.6 is 0 Å². The van der Waals surface area contributed by atoms with Gasteiger partial charge in [-0.15, -0.1) is 0 Å². The topological polar surface area (TPSA) is 53.5 Å². The third-order valence-electron chi connectivity index (χ3n) is 5.36. The molecule has 1 fully saturated rings. The molecule has 4 rings (SSSR count). The largest absolute Gasteiger partial charge is 0.353 e. The Labute approximate surface area is 172 Å². The molecule has 1 aliphatic heterocycles. The average Bonchev–Trinajstić information content (AvgIpc) is 2.75. The molecule has 1 aliphatic rings. The number of rotatable bonds is 5. The first-order chi connectivity index (χ1) is 14.0. The molecule has 6 heteroatoms. The Kier molecular flexibility index (Phi) is 5.65. The highest BCUT2D eigenvalue weighted by Crippen LogP contribution is 2.31. The number of hydrogen-bond acceptors (Lipinski definition) is 5. The fourth-order valence-corrected chi connectivity index (χ4v) is 4.83. The fraction of sp³-hybridized carbons (Fsp3) is 0.261. The highest BCUT2D eigenvalue weighted by molar-refractivity contribution is 7.90. The maximum atomic E-state index is 12.2. The molecule has 0 aliphatic carbocycles. The lowest BCUT2D eigenvalue weighted by molar-refractivity contribution is 0.211. The van der Waals surface area contributed by atoms with Crippen molar-refractivity contribution in [3.8, 4) is 0 Å². The summed E-state index contributed by atoms with van der Waals surface area (Å²) in [7, 11) is -3.32. The van der Waals surface area contributed by atoms with Crippen LogP contribution in [0.25, 0.3) is 0 Å². The molecule has 1 saturated heterocycles. The van der Waals surface area contributed by atoms with Gasteiger partial charge in [0.15, 0.2) is 9.84 Å². The fourth-order valence-electron chi connectivity index (χ4n) is 3.99. The smallest absolute Gasteiger partial charge is 0.179 e. The number of nitrogens with zero attached hydrogens (tertiary/aromatic N) is 3. The average molecular weight is 408 g/mol. The van der Waals surface area contributed by atoms with Crippen molar-refractivity contribution < 1.29 is 8.42 Å². The second-order valence-corrected chi connectivity index (χ2v) is 9.33. The molecular formula is C23H25N3O2S. The van der Waals surface area contributed by atoms with Crippen LogP contribution < -0.4 is 4.90 Å². The molecule has 29 heavy (non-hydrogen) atoms. The van der Waals surface area contributed by atoms with Crippen molar-refractivity contribution in [1.82, 2.24) is 9.88 Å². The maximum absolute atomic E-state index is 12.2. The maximum Gasteiger partial charge on any atom is 0.179 e. The highest BCUT2D eigenvalue weighted by Gasteiger charge is 2.28. The summed E-state index contributed by atoms with van der Waals surface area (Å²) in [6.07, 6.45) is 2.90. The number of hydrogen-bond donors (Lipinski definition) is 0. The molecular weight excluding hydrogens is 382 g/mol. The number of anilines is 1. The van der Waals surface area contributed by atoms with Crippen molar-refractivity contribution in [2.24, 2.45) is 0 Å². The van der Waals surface area contributed by atoms with Gasteiger partial charge in [0.25, 0.3) is 0 Å². The number of benzene rings is 2. The Hall–Kier alpha value is -2.70. The summed E-state index contributed by atoms with van der Waals surface area (Å²) < 4.78 is 24.3. The molecule has 0 N–H and O–H groups in total. The number of sulfone groups is 1. The van der Waals surface area contributed by atoms with Crippen LogP contribution in [0, 0.1) is 0 Å². The Morgan fingerprint density at radius 1 is 0.793 bits per heavy atom. The Morgan fingerprint density at radius 2 is 1.34 bits per heavy atom. The minimum Gasteiger partial charge on any atom is -0.353 e. The van der Waals surface area contributed by atoms with E-state index in [9.17, 15) is 8.42 Å². The summed E-state index contributed by atoms with van der Waals surface area (Å²) in [5.41, 5.74) is 2.53. The molecule has 150 valence electrons. The lowest BCUT2D eigenvalue weighted by Gasteiger charge is -2.40. The van der Waals surface area contributed by atoms with Crippen LogP contribution in [0.1, 0.15) is 17.2 Å². The molecule has 2 heterocycles. The van der Waals surface area contributed by atoms with Crippen molar-refractivity contribution >= 4 is 15.7 Å². The van der Waals surface area contributed by atoms with Gasteiger partial charge in [0.1, 0.15) is 10.7 Å². The van der Waals surface area contributed by atoms with Crippen LogP contribution in [0.5, 0.6) is 0 Å². The normalized spacial score (nSPS) is 15.6. The van der Waals surface area contributed by atoms with E-state index in [-0.39, 0.29) is 6.04 Å². The first-order valence-corrected chi connectivity index (χ1v) is 11.7. The Balaban J connectivity index is 1.58. The summed E-state index contributed by atoms with van der Waals surface area (Å²) in [6, 6.07) is 24.6. The minimum atomic E-state index is -3.32. The van der Waals surface area contributed by atoms with Crippen LogP contribution in [0.4, 0.5) is 5.82 Å². The van der Waals surface area contributed by atoms with E-state index in [1.165, 1.54) is 17.4 Å². The zero-order valence-corrected chi connectivity index (χ0v) is 17.3. The second kappa shape index (κ2) is 8.35. The van der Waals surface area contributed by atoms with Crippen LogP contribution in [0.2, 0.25) is 0 Å². The zero-order chi connectivity index (χ0) is 20.3. The van der Waals surface area contributed by atoms with Crippen molar-refractivity contribution in [2.45, 2.75) is 10.9 Å². The number of piperazine rings is 1. The third-order valence-corrected chi connectivity index (χ3v) is 6.48. The van der Waals surface area contributed by atoms with E-state index in [0.29, 0.717) is 10.7 Å². The van der Waals surface area contributed by atoms with Crippen molar-refractivity contribution in [3.05, 3.63) is 90.1 Å². The van der Waals surface area contributed by atoms with Gasteiger partial charge in [0.05, 0.1) is 6.04 Å². The van der Waals surface area contributed by atoms with E-state index in [2.05, 4.69) is 63.3 Å². The minimum absolute atomic E-state index is 0.178. The van der Waals surface area contributed by atoms with Gasteiger partial charge in [-0.1, -0.05) is 60.7 Å². The van der Waals surface area contributed by atoms with E-state index in [1.54, 1.807) is 18.3 Å². The predicted octanol–water partition coefficient (Wildman–Crippen LogP) is 3.40. The third kappa shape index (κ3) is 4.33. The highest BCUT2D eigenvalue weighted by atomic mass is 32.2. The molecule has 1 aromatic heterocycles. The molecule has 3 aromatic rings. The lowest BCUT2D eigenvalue weighted by Crippen LogP contribution is -2.48. The molecule has 2 aromatic carbocycles. The zero-order valence-electron chi connectivity index (χ0n) is 16.5. The van der Waals surface area contributed by atoms with Gasteiger partial charge in [0, 0.05) is 38.6 Å². The standard InChI is InChI=1S/C23H25N3O2S/c1-29(27,28)21-13-8-14-24-23(21)26-17-15-25(16-18-26)22(19-9-4-2-5-10-19)20-11-6-3-7-12-20/h2-14,22H,15-18H2,1H3. The summed E-state index contributed by atoms with van der Waals surface area (Å²) in [5.74, 6) is 0.561. The van der Waals surface area contributed by atoms with Gasteiger partial charge >= 0.3 is 0 Å². The van der Waals surface area contributed by atoms with Gasteiger partial charge in [-0.25, -0.2) is 13.4 Å². The first-order valence-electron chi connectivity index (χ1n) is 9.78. The van der Waals surface area contributed by atoms with E-state index in [0.717, 1.165) is 26.2 Å². The summed E-state index contributed by atoms with van der Waals surface area (Å²) in [6.45, 7) is 3.12. The van der Waals surface area contributed by atoms with E-state index in [1.807, 2.05) is 12.1 Å². The van der Waals surface area contributed by atoms with Gasteiger partial charge in [-0.05, 0) is 23.3 Å². The Morgan fingerprint density at radius 3 is 1.86 bits per heavy atom. The van der Waals surface area contributed by atoms with E-state index < -0.39 is 9.84 Å². The summed E-state index contributed by atoms with van der Waals surface area (Å²) in [4.78, 5) is 9.23. The van der Waals surface area contributed by atoms with Crippen molar-refractivity contribution in [1.29, 1.82) is 0 Å². The van der Waals surface area contributed by atoms with Crippen LogP contribution in [0.15, 0.2) is 83.9 Å². The van der Waals surface area contributed by atoms with Crippen LogP contribution in [-0.4, -0.2) is 50.7 Å². The number of pyridine rings is 1. The lowest BCUT2D eigenvalue weighted by atomic mass is 9.96. The molecule has 5 nitrogen and oxygen atoms in total. The van der Waals surface area contributed by atoms with Crippen molar-refractivity contribution in [3.63, 3.8) is 0 Å². The Bertz CT molecular complexity index is 1010. The molecule has 0 unspecified atom stereocenters. The van der Waals surface area contributed by atoms with Gasteiger partial charge in [0.2, 0.25) is 0 Å². The van der Waals surface area contributed by atoms with Gasteiger partial charge < -0.3 is 4.90 Å².